The third-order valence-corrected chi connectivity index (χ3v) is 2.09. The molecule has 0 bridgehead atoms. The Balaban J connectivity index is 0.000000728. The summed E-state index contributed by atoms with van der Waals surface area (Å²) < 4.78 is 4.50. The lowest BCUT2D eigenvalue weighted by Gasteiger charge is -2.01. The van der Waals surface area contributed by atoms with E-state index >= 15 is 0 Å². The van der Waals surface area contributed by atoms with Gasteiger partial charge in [0.15, 0.2) is 0 Å². The topological polar surface area (TPSA) is 46.5 Å². The Labute approximate surface area is 103 Å². The summed E-state index contributed by atoms with van der Waals surface area (Å²) in [6, 6.07) is 0. The van der Waals surface area contributed by atoms with E-state index in [4.69, 9.17) is 0 Å². The van der Waals surface area contributed by atoms with Gasteiger partial charge in [-0.25, -0.2) is 0 Å². The zero-order chi connectivity index (χ0) is 13.1. The molecule has 0 aromatic heterocycles. The second-order valence-electron chi connectivity index (χ2n) is 3.77. The first-order valence-corrected chi connectivity index (χ1v) is 5.89. The number of hydrogen-bond acceptors (Lipinski definition) is 3. The molecule has 96 valence electrons. The highest BCUT2D eigenvalue weighted by Crippen LogP contribution is 2.14. The summed E-state index contributed by atoms with van der Waals surface area (Å²) in [5.41, 5.74) is 0.811. The van der Waals surface area contributed by atoms with Crippen molar-refractivity contribution < 1.29 is 14.6 Å². The molecule has 0 aliphatic heterocycles. The highest BCUT2D eigenvalue weighted by Gasteiger charge is 2.01. The third kappa shape index (κ3) is 10.8. The third-order valence-electron chi connectivity index (χ3n) is 2.09. The molecule has 1 aliphatic rings. The van der Waals surface area contributed by atoms with E-state index in [1.54, 1.807) is 25.2 Å². The van der Waals surface area contributed by atoms with Gasteiger partial charge in [0, 0.05) is 6.42 Å². The number of hydrogen-bond donors (Lipinski definition) is 1. The van der Waals surface area contributed by atoms with Crippen LogP contribution in [0, 0.1) is 0 Å². The largest absolute Gasteiger partial charge is 0.508 e. The molecular weight excluding hydrogens is 216 g/mol. The van der Waals surface area contributed by atoms with Crippen molar-refractivity contribution in [1.29, 1.82) is 0 Å². The average Bonchev–Trinajstić information content (AvgIpc) is 3.21. The predicted octanol–water partition coefficient (Wildman–Crippen LogP) is 3.68. The van der Waals surface area contributed by atoms with Crippen LogP contribution in [0.25, 0.3) is 0 Å². The fourth-order valence-electron chi connectivity index (χ4n) is 0.855. The Hall–Kier alpha value is -1.51. The second kappa shape index (κ2) is 9.70. The minimum atomic E-state index is -0.266. The van der Waals surface area contributed by atoms with E-state index in [0.717, 1.165) is 5.57 Å². The minimum absolute atomic E-state index is 0.171. The molecule has 0 amide bonds. The number of methoxy groups -OCH3 is 1. The fraction of sp³-hybridized carbons (Fsp3) is 0.500. The second-order valence-corrected chi connectivity index (χ2v) is 3.77. The maximum Gasteiger partial charge on any atom is 0.305 e. The smallest absolute Gasteiger partial charge is 0.305 e. The summed E-state index contributed by atoms with van der Waals surface area (Å²) in [6.45, 7) is 5.32. The first kappa shape index (κ1) is 15.5. The summed E-state index contributed by atoms with van der Waals surface area (Å²) in [4.78, 5) is 10.8. The number of ether oxygens (including phenoxy) is 1. The molecule has 1 fully saturated rings. The maximum atomic E-state index is 10.8. The van der Waals surface area contributed by atoms with Crippen molar-refractivity contribution in [2.24, 2.45) is 0 Å². The summed E-state index contributed by atoms with van der Waals surface area (Å²) in [6.07, 6.45) is 10.1. The molecule has 1 saturated carbocycles. The molecule has 1 rings (SSSR count). The Bertz CT molecular complexity index is 296. The maximum absolute atomic E-state index is 10.8. The normalized spacial score (nSPS) is 14.5. The van der Waals surface area contributed by atoms with Crippen LogP contribution in [0.2, 0.25) is 0 Å². The Kier molecular flexibility index (Phi) is 8.84. The van der Waals surface area contributed by atoms with Crippen molar-refractivity contribution in [3.63, 3.8) is 0 Å². The van der Waals surface area contributed by atoms with E-state index in [1.807, 2.05) is 0 Å². The van der Waals surface area contributed by atoms with Crippen LogP contribution in [0.15, 0.2) is 36.1 Å². The molecule has 0 aromatic carbocycles. The van der Waals surface area contributed by atoms with E-state index in [9.17, 15) is 9.90 Å². The van der Waals surface area contributed by atoms with Crippen molar-refractivity contribution >= 4 is 5.97 Å². The highest BCUT2D eigenvalue weighted by molar-refractivity contribution is 5.69. The molecule has 3 nitrogen and oxygen atoms in total. The van der Waals surface area contributed by atoms with Gasteiger partial charge in [0.2, 0.25) is 0 Å². The van der Waals surface area contributed by atoms with Gasteiger partial charge in [0.25, 0.3) is 0 Å². The van der Waals surface area contributed by atoms with Crippen molar-refractivity contribution in [2.45, 2.75) is 39.0 Å². The summed E-state index contributed by atoms with van der Waals surface area (Å²) in [5, 5.41) is 9.20. The van der Waals surface area contributed by atoms with Gasteiger partial charge in [-0.1, -0.05) is 31.9 Å². The SMILES string of the molecule is C1CC1.C=C/C(=C\C(O)=C/C)CCC(=O)OC. The van der Waals surface area contributed by atoms with E-state index < -0.39 is 0 Å². The molecule has 0 aromatic rings. The van der Waals surface area contributed by atoms with Crippen LogP contribution in [0.5, 0.6) is 0 Å². The monoisotopic (exact) mass is 238 g/mol. The lowest BCUT2D eigenvalue weighted by molar-refractivity contribution is -0.140. The molecule has 3 heteroatoms. The molecule has 1 N–H and O–H groups in total. The number of esters is 1. The molecule has 0 heterocycles. The van der Waals surface area contributed by atoms with Crippen molar-refractivity contribution in [3.05, 3.63) is 36.1 Å². The van der Waals surface area contributed by atoms with Crippen LogP contribution in [-0.2, 0) is 9.53 Å². The van der Waals surface area contributed by atoms with Crippen molar-refractivity contribution in [3.8, 4) is 0 Å². The summed E-state index contributed by atoms with van der Waals surface area (Å²) in [7, 11) is 1.35. The first-order valence-electron chi connectivity index (χ1n) is 5.89. The van der Waals surface area contributed by atoms with Crippen LogP contribution < -0.4 is 0 Å². The molecule has 0 spiro atoms. The number of carbonyl (C=O) groups excluding carboxylic acids is 1. The lowest BCUT2D eigenvalue weighted by Crippen LogP contribution is -1.99. The number of carbonyl (C=O) groups is 1. The first-order chi connectivity index (χ1) is 8.13. The number of allylic oxidation sites excluding steroid dienone is 4. The van der Waals surface area contributed by atoms with Gasteiger partial charge < -0.3 is 9.84 Å². The standard InChI is InChI=1S/C11H16O3.C3H6/c1-4-9(8-10(12)5-2)6-7-11(13)14-3;1-2-3-1/h4-5,8,12H,1,6-7H2,2-3H3;1-3H2/b9-8+,10-5+;. The summed E-state index contributed by atoms with van der Waals surface area (Å²) >= 11 is 0. The number of rotatable bonds is 5. The van der Waals surface area contributed by atoms with Crippen molar-refractivity contribution in [2.75, 3.05) is 7.11 Å². The van der Waals surface area contributed by atoms with E-state index in [1.165, 1.54) is 26.4 Å². The molecule has 0 radical (unpaired) electrons. The van der Waals surface area contributed by atoms with Gasteiger partial charge >= 0.3 is 5.97 Å². The molecule has 1 aliphatic carbocycles. The fourth-order valence-corrected chi connectivity index (χ4v) is 0.855. The quantitative estimate of drug-likeness (QED) is 0.451. The molecule has 0 unspecified atom stereocenters. The zero-order valence-electron chi connectivity index (χ0n) is 10.7. The van der Waals surface area contributed by atoms with Gasteiger partial charge in [-0.2, -0.15) is 0 Å². The van der Waals surface area contributed by atoms with Crippen LogP contribution in [-0.4, -0.2) is 18.2 Å². The molecule has 0 atom stereocenters. The molecule has 0 saturated heterocycles. The van der Waals surface area contributed by atoms with Crippen LogP contribution >= 0.6 is 0 Å². The van der Waals surface area contributed by atoms with Gasteiger partial charge in [0.05, 0.1) is 7.11 Å². The van der Waals surface area contributed by atoms with Gasteiger partial charge in [0.1, 0.15) is 5.76 Å². The minimum Gasteiger partial charge on any atom is -0.508 e. The number of aliphatic hydroxyl groups excluding tert-OH is 1. The van der Waals surface area contributed by atoms with Crippen LogP contribution in [0.4, 0.5) is 0 Å². The lowest BCUT2D eigenvalue weighted by atomic mass is 10.1. The van der Waals surface area contributed by atoms with E-state index in [-0.39, 0.29) is 11.7 Å². The van der Waals surface area contributed by atoms with E-state index in [0.29, 0.717) is 12.8 Å². The Morgan fingerprint density at radius 1 is 1.35 bits per heavy atom. The van der Waals surface area contributed by atoms with Crippen molar-refractivity contribution in [1.82, 2.24) is 0 Å². The molecule has 17 heavy (non-hydrogen) atoms. The van der Waals surface area contributed by atoms with Gasteiger partial charge in [-0.15, -0.1) is 0 Å². The number of aliphatic hydroxyl groups is 1. The van der Waals surface area contributed by atoms with Crippen LogP contribution in [0.3, 0.4) is 0 Å². The summed E-state index contributed by atoms with van der Waals surface area (Å²) in [5.74, 6) is -0.0949. The Morgan fingerprint density at radius 2 is 1.94 bits per heavy atom. The van der Waals surface area contributed by atoms with E-state index in [2.05, 4.69) is 11.3 Å². The van der Waals surface area contributed by atoms with Gasteiger partial charge in [-0.3, -0.25) is 4.79 Å². The average molecular weight is 238 g/mol. The van der Waals surface area contributed by atoms with Crippen LogP contribution in [0.1, 0.15) is 39.0 Å². The van der Waals surface area contributed by atoms with Gasteiger partial charge in [-0.05, 0) is 31.1 Å². The Morgan fingerprint density at radius 3 is 2.29 bits per heavy atom. The predicted molar refractivity (Wildman–Crippen MR) is 69.8 cm³/mol. The highest BCUT2D eigenvalue weighted by atomic mass is 16.5. The zero-order valence-corrected chi connectivity index (χ0v) is 10.7. The molecular formula is C14H22O3.